The molecule has 93 valence electrons. The molecule has 0 amide bonds. The summed E-state index contributed by atoms with van der Waals surface area (Å²) in [5.41, 5.74) is 1.93. The Hall–Kier alpha value is -0.622. The average Bonchev–Trinajstić information content (AvgIpc) is 2.38. The zero-order valence-corrected chi connectivity index (χ0v) is 12.3. The summed E-state index contributed by atoms with van der Waals surface area (Å²) in [4.78, 5) is 11.2. The second kappa shape index (κ2) is 8.47. The van der Waals surface area contributed by atoms with Crippen molar-refractivity contribution in [3.8, 4) is 0 Å². The van der Waals surface area contributed by atoms with Crippen molar-refractivity contribution in [2.24, 2.45) is 0 Å². The number of aryl methyl sites for hydroxylation is 1. The molecule has 0 aliphatic heterocycles. The third kappa shape index (κ3) is 5.50. The first-order chi connectivity index (χ1) is 8.27. The Bertz CT molecular complexity index is 333. The summed E-state index contributed by atoms with van der Waals surface area (Å²) in [6, 6.07) is 7.73. The van der Waals surface area contributed by atoms with Crippen LogP contribution in [0.25, 0.3) is 0 Å². The van der Waals surface area contributed by atoms with Crippen LogP contribution in [0, 0.1) is 0 Å². The SMILES string of the molecule is CCCCCCCc1ccc(C(=O)[O][Mo])cc1. The first-order valence-electron chi connectivity index (χ1n) is 6.21. The molecule has 1 rings (SSSR count). The van der Waals surface area contributed by atoms with Crippen LogP contribution >= 0.6 is 0 Å². The van der Waals surface area contributed by atoms with E-state index in [1.807, 2.05) is 24.3 Å². The minimum atomic E-state index is -0.260. The summed E-state index contributed by atoms with van der Waals surface area (Å²) in [6.07, 6.45) is 7.59. The van der Waals surface area contributed by atoms with Gasteiger partial charge >= 0.3 is 108 Å². The van der Waals surface area contributed by atoms with Crippen molar-refractivity contribution < 1.29 is 28.4 Å². The van der Waals surface area contributed by atoms with Crippen LogP contribution in [0.2, 0.25) is 0 Å². The fourth-order valence-corrected chi connectivity index (χ4v) is 2.02. The summed E-state index contributed by atoms with van der Waals surface area (Å²) in [7, 11) is 0. The Morgan fingerprint density at radius 1 is 1.12 bits per heavy atom. The molecule has 0 saturated heterocycles. The third-order valence-corrected chi connectivity index (χ3v) is 3.21. The molecular formula is C14H19MoO2. The first kappa shape index (κ1) is 14.4. The molecule has 1 aromatic rings. The molecule has 0 saturated carbocycles. The third-order valence-electron chi connectivity index (χ3n) is 2.83. The Morgan fingerprint density at radius 3 is 2.35 bits per heavy atom. The molecule has 0 radical (unpaired) electrons. The molecule has 17 heavy (non-hydrogen) atoms. The molecule has 0 spiro atoms. The molecule has 2 nitrogen and oxygen atoms in total. The second-order valence-corrected chi connectivity index (χ2v) is 4.64. The van der Waals surface area contributed by atoms with Crippen LogP contribution < -0.4 is 0 Å². The monoisotopic (exact) mass is 317 g/mol. The van der Waals surface area contributed by atoms with Crippen molar-refractivity contribution in [3.63, 3.8) is 0 Å². The molecule has 0 aromatic heterocycles. The molecule has 0 fully saturated rings. The number of unbranched alkanes of at least 4 members (excludes halogenated alkanes) is 4. The van der Waals surface area contributed by atoms with Gasteiger partial charge in [-0.3, -0.25) is 0 Å². The number of benzene rings is 1. The van der Waals surface area contributed by atoms with Gasteiger partial charge in [0, 0.05) is 0 Å². The Labute approximate surface area is 115 Å². The summed E-state index contributed by atoms with van der Waals surface area (Å²) in [5, 5.41) is 0. The van der Waals surface area contributed by atoms with Crippen molar-refractivity contribution >= 4 is 5.97 Å². The number of hydrogen-bond donors (Lipinski definition) is 0. The van der Waals surface area contributed by atoms with Gasteiger partial charge < -0.3 is 0 Å². The molecule has 0 aliphatic carbocycles. The summed E-state index contributed by atoms with van der Waals surface area (Å²) < 4.78 is 4.67. The second-order valence-electron chi connectivity index (χ2n) is 4.23. The minimum absolute atomic E-state index is 0.260. The van der Waals surface area contributed by atoms with Crippen LogP contribution in [0.4, 0.5) is 0 Å². The fourth-order valence-electron chi connectivity index (χ4n) is 1.79. The van der Waals surface area contributed by atoms with Crippen LogP contribution in [0.15, 0.2) is 24.3 Å². The van der Waals surface area contributed by atoms with E-state index in [4.69, 9.17) is 0 Å². The van der Waals surface area contributed by atoms with E-state index in [2.05, 4.69) is 10.3 Å². The van der Waals surface area contributed by atoms with Crippen LogP contribution in [-0.2, 0) is 30.0 Å². The molecule has 0 unspecified atom stereocenters. The van der Waals surface area contributed by atoms with Crippen molar-refractivity contribution in [1.29, 1.82) is 0 Å². The quantitative estimate of drug-likeness (QED) is 0.565. The number of hydrogen-bond acceptors (Lipinski definition) is 2. The topological polar surface area (TPSA) is 26.3 Å². The van der Waals surface area contributed by atoms with E-state index in [0.29, 0.717) is 5.56 Å². The van der Waals surface area contributed by atoms with E-state index in [-0.39, 0.29) is 5.97 Å². The van der Waals surface area contributed by atoms with Crippen molar-refractivity contribution in [1.82, 2.24) is 0 Å². The number of carbonyl (C=O) groups excluding carboxylic acids is 1. The predicted molar refractivity (Wildman–Crippen MR) is 64.3 cm³/mol. The standard InChI is InChI=1S/C14H20O2.Mo/c1-2-3-4-5-6-7-12-8-10-13(11-9-12)14(15)16;/h8-11H,2-7H2,1H3,(H,15,16);/q;+1/p-1. The van der Waals surface area contributed by atoms with E-state index < -0.39 is 0 Å². The molecule has 0 heterocycles. The Kier molecular flexibility index (Phi) is 7.19. The van der Waals surface area contributed by atoms with Gasteiger partial charge in [-0.1, -0.05) is 6.92 Å². The van der Waals surface area contributed by atoms with Gasteiger partial charge in [-0.05, 0) is 0 Å². The zero-order valence-electron chi connectivity index (χ0n) is 10.3. The molecular weight excluding hydrogens is 296 g/mol. The zero-order chi connectivity index (χ0) is 12.5. The maximum absolute atomic E-state index is 11.2. The maximum atomic E-state index is 11.2. The average molecular weight is 315 g/mol. The van der Waals surface area contributed by atoms with E-state index >= 15 is 0 Å². The van der Waals surface area contributed by atoms with Gasteiger partial charge in [-0.15, -0.1) is 0 Å². The summed E-state index contributed by atoms with van der Waals surface area (Å²) in [5.74, 6) is -0.260. The van der Waals surface area contributed by atoms with Crippen LogP contribution in [-0.4, -0.2) is 5.97 Å². The van der Waals surface area contributed by atoms with Gasteiger partial charge in [0.15, 0.2) is 0 Å². The summed E-state index contributed by atoms with van der Waals surface area (Å²) in [6.45, 7) is 2.23. The van der Waals surface area contributed by atoms with Crippen molar-refractivity contribution in [3.05, 3.63) is 35.4 Å². The van der Waals surface area contributed by atoms with Crippen LogP contribution in [0.1, 0.15) is 54.9 Å². The predicted octanol–water partition coefficient (Wildman–Crippen LogP) is 3.82. The molecule has 0 atom stereocenters. The van der Waals surface area contributed by atoms with Gasteiger partial charge in [0.1, 0.15) is 0 Å². The van der Waals surface area contributed by atoms with Crippen molar-refractivity contribution in [2.45, 2.75) is 45.4 Å². The van der Waals surface area contributed by atoms with Gasteiger partial charge in [0.25, 0.3) is 0 Å². The molecule has 1 aromatic carbocycles. The Balaban J connectivity index is 2.33. The van der Waals surface area contributed by atoms with Gasteiger partial charge in [0.2, 0.25) is 0 Å². The van der Waals surface area contributed by atoms with E-state index in [9.17, 15) is 4.79 Å². The van der Waals surface area contributed by atoms with E-state index in [0.717, 1.165) is 6.42 Å². The normalized spacial score (nSPS) is 10.2. The summed E-state index contributed by atoms with van der Waals surface area (Å²) >= 11 is 1.34. The fraction of sp³-hybridized carbons (Fsp3) is 0.500. The molecule has 3 heteroatoms. The molecule has 0 N–H and O–H groups in total. The van der Waals surface area contributed by atoms with Crippen LogP contribution in [0.5, 0.6) is 0 Å². The van der Waals surface area contributed by atoms with E-state index in [1.54, 1.807) is 0 Å². The van der Waals surface area contributed by atoms with Gasteiger partial charge in [-0.25, -0.2) is 0 Å². The first-order valence-corrected chi connectivity index (χ1v) is 7.03. The number of rotatable bonds is 7. The number of carbonyl (C=O) groups is 1. The molecule has 0 bridgehead atoms. The van der Waals surface area contributed by atoms with Crippen molar-refractivity contribution in [2.75, 3.05) is 0 Å². The van der Waals surface area contributed by atoms with E-state index in [1.165, 1.54) is 57.9 Å². The van der Waals surface area contributed by atoms with Gasteiger partial charge in [-0.2, -0.15) is 0 Å². The van der Waals surface area contributed by atoms with Gasteiger partial charge in [0.05, 0.1) is 0 Å². The Morgan fingerprint density at radius 2 is 1.76 bits per heavy atom. The molecule has 0 aliphatic rings. The van der Waals surface area contributed by atoms with Crippen LogP contribution in [0.3, 0.4) is 0 Å².